The molecular weight excluding hydrogens is 553 g/mol. The predicted octanol–water partition coefficient (Wildman–Crippen LogP) is 2.62. The Hall–Kier alpha value is -4.39. The maximum Gasteiger partial charge on any atom is 0.471 e. The molecule has 0 aromatic heterocycles. The molecule has 222 valence electrons. The third kappa shape index (κ3) is 5.56. The highest BCUT2D eigenvalue weighted by atomic mass is 19.4. The molecule has 0 saturated carbocycles. The number of allylic oxidation sites excluding steroid dienone is 2. The van der Waals surface area contributed by atoms with Crippen LogP contribution in [0.3, 0.4) is 0 Å². The van der Waals surface area contributed by atoms with Gasteiger partial charge in [-0.3, -0.25) is 14.4 Å². The van der Waals surface area contributed by atoms with E-state index in [1.54, 1.807) is 37.1 Å². The number of likely N-dealkylation sites (tertiary alicyclic amines) is 2. The number of ether oxygens (including phenoxy) is 1. The van der Waals surface area contributed by atoms with Crippen molar-refractivity contribution >= 4 is 35.3 Å². The Morgan fingerprint density at radius 3 is 2.48 bits per heavy atom. The Morgan fingerprint density at radius 2 is 1.88 bits per heavy atom. The number of carbonyl (C=O) groups excluding carboxylic acids is 3. The molecule has 0 aliphatic carbocycles. The fraction of sp³-hybridized carbons (Fsp3) is 0.379. The minimum Gasteiger partial charge on any atom is -0.380 e. The second kappa shape index (κ2) is 10.8. The lowest BCUT2D eigenvalue weighted by Crippen LogP contribution is -2.65. The second-order valence-corrected chi connectivity index (χ2v) is 11.1. The normalized spacial score (nSPS) is 20.6. The van der Waals surface area contributed by atoms with Crippen LogP contribution in [0, 0.1) is 23.7 Å². The molecule has 0 unspecified atom stereocenters. The molecular formula is C29H31F3N6O4. The highest BCUT2D eigenvalue weighted by Crippen LogP contribution is 2.40. The van der Waals surface area contributed by atoms with Gasteiger partial charge in [0.25, 0.3) is 5.91 Å². The fourth-order valence-electron chi connectivity index (χ4n) is 5.24. The van der Waals surface area contributed by atoms with Crippen LogP contribution in [0.5, 0.6) is 0 Å². The van der Waals surface area contributed by atoms with Crippen molar-refractivity contribution in [1.82, 2.24) is 20.0 Å². The van der Waals surface area contributed by atoms with Crippen LogP contribution in [-0.4, -0.2) is 91.3 Å². The minimum atomic E-state index is -4.98. The first-order valence-electron chi connectivity index (χ1n) is 13.3. The summed E-state index contributed by atoms with van der Waals surface area (Å²) < 4.78 is 43.1. The summed E-state index contributed by atoms with van der Waals surface area (Å²) in [5.41, 5.74) is 3.72. The maximum atomic E-state index is 13.4. The van der Waals surface area contributed by atoms with Crippen molar-refractivity contribution < 1.29 is 32.3 Å². The van der Waals surface area contributed by atoms with Crippen molar-refractivity contribution in [2.75, 3.05) is 51.8 Å². The Labute approximate surface area is 240 Å². The first-order valence-corrected chi connectivity index (χ1v) is 13.3. The van der Waals surface area contributed by atoms with Gasteiger partial charge in [-0.2, -0.15) is 13.2 Å². The van der Waals surface area contributed by atoms with E-state index < -0.39 is 29.8 Å². The summed E-state index contributed by atoms with van der Waals surface area (Å²) >= 11 is 0. The number of nitrogens with zero attached hydrogens (tertiary/aromatic N) is 3. The Balaban J connectivity index is 1.24. The quantitative estimate of drug-likeness (QED) is 0.335. The average molecular weight is 585 g/mol. The van der Waals surface area contributed by atoms with Crippen molar-refractivity contribution in [2.45, 2.75) is 13.1 Å². The number of rotatable bonds is 7. The van der Waals surface area contributed by atoms with Crippen molar-refractivity contribution in [3.63, 3.8) is 0 Å². The number of hydrogen-bond donors (Lipinski definition) is 3. The summed E-state index contributed by atoms with van der Waals surface area (Å²) in [4.78, 5) is 41.8. The van der Waals surface area contributed by atoms with Crippen LogP contribution in [0.25, 0.3) is 5.70 Å². The Kier molecular flexibility index (Phi) is 7.48. The van der Waals surface area contributed by atoms with Gasteiger partial charge in [0.15, 0.2) is 0 Å². The van der Waals surface area contributed by atoms with E-state index in [0.29, 0.717) is 21.8 Å². The van der Waals surface area contributed by atoms with Gasteiger partial charge in [0.2, 0.25) is 5.91 Å². The average Bonchev–Trinajstić information content (AvgIpc) is 2.84. The number of nitrogens with one attached hydrogen (secondary N) is 3. The number of halogens is 3. The van der Waals surface area contributed by atoms with Gasteiger partial charge in [-0.25, -0.2) is 0 Å². The van der Waals surface area contributed by atoms with Gasteiger partial charge in [0, 0.05) is 62.7 Å². The number of hydrogen-bond acceptors (Lipinski definition) is 7. The van der Waals surface area contributed by atoms with Crippen LogP contribution in [0.1, 0.15) is 11.1 Å². The third-order valence-corrected chi connectivity index (χ3v) is 7.92. The van der Waals surface area contributed by atoms with Crippen LogP contribution in [0.15, 0.2) is 60.1 Å². The van der Waals surface area contributed by atoms with E-state index in [0.717, 1.165) is 43.8 Å². The van der Waals surface area contributed by atoms with Gasteiger partial charge in [-0.05, 0) is 36.3 Å². The summed E-state index contributed by atoms with van der Waals surface area (Å²) in [7, 11) is 1.80. The van der Waals surface area contributed by atoms with Gasteiger partial charge in [-0.1, -0.05) is 18.7 Å². The zero-order valence-corrected chi connectivity index (χ0v) is 23.2. The number of anilines is 1. The van der Waals surface area contributed by atoms with Gasteiger partial charge in [0.1, 0.15) is 0 Å². The summed E-state index contributed by atoms with van der Waals surface area (Å²) in [6.07, 6.45) is 1.74. The van der Waals surface area contributed by atoms with Crippen molar-refractivity contribution in [3.8, 4) is 0 Å². The molecule has 0 radical (unpaired) electrons. The number of alkyl halides is 3. The predicted molar refractivity (Wildman–Crippen MR) is 149 cm³/mol. The molecule has 1 spiro atoms. The van der Waals surface area contributed by atoms with E-state index in [-0.39, 0.29) is 29.8 Å². The lowest BCUT2D eigenvalue weighted by molar-refractivity contribution is -0.191. The summed E-state index contributed by atoms with van der Waals surface area (Å²) in [5.74, 6) is -3.81. The Morgan fingerprint density at radius 1 is 1.19 bits per heavy atom. The summed E-state index contributed by atoms with van der Waals surface area (Å²) in [5, 5.41) is 13.4. The molecule has 3 saturated heterocycles. The molecule has 3 N–H and O–H groups in total. The summed E-state index contributed by atoms with van der Waals surface area (Å²) in [6, 6.07) is 5.03. The Bertz CT molecular complexity index is 1450. The number of amides is 3. The van der Waals surface area contributed by atoms with E-state index in [1.165, 1.54) is 0 Å². The number of carbonyl (C=O) groups is 3. The van der Waals surface area contributed by atoms with Gasteiger partial charge in [0.05, 0.1) is 35.8 Å². The largest absolute Gasteiger partial charge is 0.471 e. The number of benzene rings is 1. The molecule has 4 aliphatic heterocycles. The van der Waals surface area contributed by atoms with E-state index in [1.807, 2.05) is 18.4 Å². The van der Waals surface area contributed by atoms with Crippen LogP contribution >= 0.6 is 0 Å². The highest BCUT2D eigenvalue weighted by Gasteiger charge is 2.50. The van der Waals surface area contributed by atoms with Crippen LogP contribution in [-0.2, 0) is 19.1 Å². The molecule has 0 atom stereocenters. The van der Waals surface area contributed by atoms with E-state index in [2.05, 4.69) is 22.1 Å². The number of likely N-dealkylation sites (N-methyl/N-ethyl adjacent to an activating group) is 1. The summed E-state index contributed by atoms with van der Waals surface area (Å²) in [6.45, 7) is 8.25. The molecule has 4 aliphatic rings. The van der Waals surface area contributed by atoms with Gasteiger partial charge >= 0.3 is 12.1 Å². The first-order chi connectivity index (χ1) is 19.8. The zero-order valence-electron chi connectivity index (χ0n) is 23.2. The minimum absolute atomic E-state index is 0.154. The molecule has 1 aromatic rings. The van der Waals surface area contributed by atoms with E-state index in [4.69, 9.17) is 10.1 Å². The fourth-order valence-corrected chi connectivity index (χ4v) is 5.24. The molecule has 3 amide bonds. The van der Waals surface area contributed by atoms with E-state index >= 15 is 0 Å². The SMILES string of the molecule is C=C(NC(=O)C1CN(C(=O)C(F)(F)F)C1)c1ccc(C)c(NC(=O)/C(C=N)=C2\C=C(N3CC4(COC4)C3)C=CN2C)c1. The van der Waals surface area contributed by atoms with Crippen molar-refractivity contribution in [3.05, 3.63) is 71.2 Å². The highest BCUT2D eigenvalue weighted by molar-refractivity contribution is 6.18. The van der Waals surface area contributed by atoms with Crippen LogP contribution in [0.4, 0.5) is 18.9 Å². The maximum absolute atomic E-state index is 13.4. The van der Waals surface area contributed by atoms with Crippen LogP contribution < -0.4 is 10.6 Å². The molecule has 13 heteroatoms. The van der Waals surface area contributed by atoms with E-state index in [9.17, 15) is 27.6 Å². The standard InChI is InChI=1S/C29H31F3N6O4/c1-17-4-5-19(18(2)34-25(39)20-11-37(12-20)27(41)29(30,31)32)8-23(17)35-26(40)22(10-33)24-9-21(6-7-36(24)3)38-13-28(14-38)15-42-16-28/h4-10,20,33H,2,11-16H2,1,3H3,(H,34,39)(H,35,40)/b24-22+,33-10?. The molecule has 10 nitrogen and oxygen atoms in total. The van der Waals surface area contributed by atoms with Crippen molar-refractivity contribution in [2.24, 2.45) is 11.3 Å². The molecule has 5 rings (SSSR count). The van der Waals surface area contributed by atoms with Crippen LogP contribution in [0.2, 0.25) is 0 Å². The lowest BCUT2D eigenvalue weighted by Gasteiger charge is -2.56. The smallest absolute Gasteiger partial charge is 0.380 e. The van der Waals surface area contributed by atoms with Gasteiger partial charge < -0.3 is 35.5 Å². The van der Waals surface area contributed by atoms with Gasteiger partial charge in [-0.15, -0.1) is 0 Å². The lowest BCUT2D eigenvalue weighted by atomic mass is 9.77. The third-order valence-electron chi connectivity index (χ3n) is 7.92. The zero-order chi connectivity index (χ0) is 30.4. The van der Waals surface area contributed by atoms with Crippen molar-refractivity contribution in [1.29, 1.82) is 5.41 Å². The molecule has 0 bridgehead atoms. The first kappa shape index (κ1) is 29.1. The number of aryl methyl sites for hydroxylation is 1. The monoisotopic (exact) mass is 584 g/mol. The molecule has 3 fully saturated rings. The second-order valence-electron chi connectivity index (χ2n) is 11.1. The topological polar surface area (TPSA) is 118 Å². The molecule has 4 heterocycles. The molecule has 42 heavy (non-hydrogen) atoms. The molecule has 1 aromatic carbocycles.